The van der Waals surface area contributed by atoms with Crippen molar-refractivity contribution >= 4 is 39.3 Å². The van der Waals surface area contributed by atoms with Crippen LogP contribution < -0.4 is 5.32 Å². The van der Waals surface area contributed by atoms with Crippen molar-refractivity contribution in [3.63, 3.8) is 0 Å². The third kappa shape index (κ3) is 3.49. The zero-order valence-corrected chi connectivity index (χ0v) is 12.9. The van der Waals surface area contributed by atoms with E-state index in [9.17, 15) is 4.79 Å². The molecule has 2 aromatic rings. The molecular formula is C14H12BrClN2O2. The minimum Gasteiger partial charge on any atom is -0.478 e. The smallest absolute Gasteiger partial charge is 0.337 e. The highest BCUT2D eigenvalue weighted by Crippen LogP contribution is 2.23. The van der Waals surface area contributed by atoms with Crippen molar-refractivity contribution in [3.05, 3.63) is 57.2 Å². The third-order valence-electron chi connectivity index (χ3n) is 2.80. The molecule has 0 aliphatic carbocycles. The highest BCUT2D eigenvalue weighted by molar-refractivity contribution is 9.10. The highest BCUT2D eigenvalue weighted by atomic mass is 79.9. The van der Waals surface area contributed by atoms with Crippen molar-refractivity contribution in [1.82, 2.24) is 4.98 Å². The van der Waals surface area contributed by atoms with Gasteiger partial charge in [-0.2, -0.15) is 0 Å². The van der Waals surface area contributed by atoms with Gasteiger partial charge in [-0.1, -0.05) is 39.7 Å². The summed E-state index contributed by atoms with van der Waals surface area (Å²) in [7, 11) is 0. The van der Waals surface area contributed by atoms with Gasteiger partial charge in [0.2, 0.25) is 0 Å². The zero-order valence-electron chi connectivity index (χ0n) is 10.6. The van der Waals surface area contributed by atoms with E-state index in [1.165, 1.54) is 12.3 Å². The standard InChI is InChI=1S/C14H12BrClN2O2/c1-8(9-3-2-4-10(15)5-9)18-13-6-11(14(19)20)12(16)7-17-13/h2-8H,1H3,(H,17,18)(H,19,20). The maximum atomic E-state index is 11.0. The van der Waals surface area contributed by atoms with Crippen LogP contribution in [0.15, 0.2) is 41.0 Å². The molecule has 0 amide bonds. The molecule has 1 heterocycles. The summed E-state index contributed by atoms with van der Waals surface area (Å²) in [5.41, 5.74) is 1.10. The SMILES string of the molecule is CC(Nc1cc(C(=O)O)c(Cl)cn1)c1cccc(Br)c1. The lowest BCUT2D eigenvalue weighted by molar-refractivity contribution is 0.0697. The monoisotopic (exact) mass is 354 g/mol. The fraction of sp³-hybridized carbons (Fsp3) is 0.143. The molecule has 0 bridgehead atoms. The lowest BCUT2D eigenvalue weighted by Gasteiger charge is -2.15. The predicted octanol–water partition coefficient (Wildman–Crippen LogP) is 4.37. The topological polar surface area (TPSA) is 62.2 Å². The van der Waals surface area contributed by atoms with E-state index < -0.39 is 5.97 Å². The molecule has 0 aliphatic heterocycles. The van der Waals surface area contributed by atoms with Gasteiger partial charge in [0.15, 0.2) is 0 Å². The van der Waals surface area contributed by atoms with Crippen LogP contribution in [0.2, 0.25) is 5.02 Å². The van der Waals surface area contributed by atoms with Crippen LogP contribution in [0, 0.1) is 0 Å². The Bertz CT molecular complexity index is 649. The molecular weight excluding hydrogens is 344 g/mol. The second-order valence-corrected chi connectivity index (χ2v) is 5.60. The summed E-state index contributed by atoms with van der Waals surface area (Å²) in [6, 6.07) is 9.28. The number of nitrogens with zero attached hydrogens (tertiary/aromatic N) is 1. The number of aromatic carboxylic acids is 1. The molecule has 104 valence electrons. The molecule has 2 rings (SSSR count). The predicted molar refractivity (Wildman–Crippen MR) is 82.4 cm³/mol. The van der Waals surface area contributed by atoms with Crippen LogP contribution in [0.25, 0.3) is 0 Å². The fourth-order valence-corrected chi connectivity index (χ4v) is 2.36. The number of pyridine rings is 1. The van der Waals surface area contributed by atoms with Gasteiger partial charge in [-0.3, -0.25) is 0 Å². The van der Waals surface area contributed by atoms with E-state index in [1.54, 1.807) is 0 Å². The Hall–Kier alpha value is -1.59. The van der Waals surface area contributed by atoms with Gasteiger partial charge in [0.05, 0.1) is 10.6 Å². The Balaban J connectivity index is 2.22. The average molecular weight is 356 g/mol. The van der Waals surface area contributed by atoms with Crippen molar-refractivity contribution in [3.8, 4) is 0 Å². The van der Waals surface area contributed by atoms with Crippen LogP contribution in [0.3, 0.4) is 0 Å². The lowest BCUT2D eigenvalue weighted by Crippen LogP contribution is -2.09. The quantitative estimate of drug-likeness (QED) is 0.855. The number of benzene rings is 1. The second-order valence-electron chi connectivity index (χ2n) is 4.28. The van der Waals surface area contributed by atoms with Crippen LogP contribution in [0.1, 0.15) is 28.9 Å². The van der Waals surface area contributed by atoms with Gasteiger partial charge in [-0.25, -0.2) is 9.78 Å². The lowest BCUT2D eigenvalue weighted by atomic mass is 10.1. The molecule has 6 heteroatoms. The minimum absolute atomic E-state index is 0.0113. The summed E-state index contributed by atoms with van der Waals surface area (Å²) in [6.45, 7) is 1.97. The van der Waals surface area contributed by atoms with E-state index in [1.807, 2.05) is 31.2 Å². The van der Waals surface area contributed by atoms with Gasteiger partial charge in [0.1, 0.15) is 5.82 Å². The first-order valence-electron chi connectivity index (χ1n) is 5.88. The number of carbonyl (C=O) groups is 1. The molecule has 0 fully saturated rings. The van der Waals surface area contributed by atoms with Crippen molar-refractivity contribution in [2.75, 3.05) is 5.32 Å². The number of hydrogen-bond acceptors (Lipinski definition) is 3. The summed E-state index contributed by atoms with van der Waals surface area (Å²) in [6.07, 6.45) is 1.33. The number of nitrogens with one attached hydrogen (secondary N) is 1. The molecule has 1 atom stereocenters. The molecule has 1 aromatic carbocycles. The molecule has 0 saturated heterocycles. The number of aromatic nitrogens is 1. The highest BCUT2D eigenvalue weighted by Gasteiger charge is 2.12. The Morgan fingerprint density at radius 1 is 1.45 bits per heavy atom. The van der Waals surface area contributed by atoms with Crippen molar-refractivity contribution < 1.29 is 9.90 Å². The summed E-state index contributed by atoms with van der Waals surface area (Å²) < 4.78 is 0.985. The summed E-state index contributed by atoms with van der Waals surface area (Å²) >= 11 is 9.21. The van der Waals surface area contributed by atoms with E-state index in [2.05, 4.69) is 26.2 Å². The molecule has 2 N–H and O–H groups in total. The van der Waals surface area contributed by atoms with E-state index >= 15 is 0 Å². The second kappa shape index (κ2) is 6.24. The first kappa shape index (κ1) is 14.8. The zero-order chi connectivity index (χ0) is 14.7. The normalized spacial score (nSPS) is 11.9. The first-order chi connectivity index (χ1) is 9.47. The molecule has 1 aromatic heterocycles. The minimum atomic E-state index is -1.07. The Kier molecular flexibility index (Phi) is 4.62. The maximum absolute atomic E-state index is 11.0. The van der Waals surface area contributed by atoms with Crippen LogP contribution >= 0.6 is 27.5 Å². The first-order valence-corrected chi connectivity index (χ1v) is 7.05. The van der Waals surface area contributed by atoms with Gasteiger partial charge in [-0.05, 0) is 30.7 Å². The van der Waals surface area contributed by atoms with Crippen molar-refractivity contribution in [2.24, 2.45) is 0 Å². The van der Waals surface area contributed by atoms with Crippen LogP contribution in [-0.4, -0.2) is 16.1 Å². The molecule has 0 aliphatic rings. The van der Waals surface area contributed by atoms with E-state index in [0.717, 1.165) is 10.0 Å². The van der Waals surface area contributed by atoms with E-state index in [-0.39, 0.29) is 16.6 Å². The fourth-order valence-electron chi connectivity index (χ4n) is 1.76. The van der Waals surface area contributed by atoms with E-state index in [4.69, 9.17) is 16.7 Å². The van der Waals surface area contributed by atoms with Gasteiger partial charge >= 0.3 is 5.97 Å². The summed E-state index contributed by atoms with van der Waals surface area (Å²) in [5.74, 6) is -0.602. The Morgan fingerprint density at radius 3 is 2.85 bits per heavy atom. The summed E-state index contributed by atoms with van der Waals surface area (Å²) in [5, 5.41) is 12.3. The number of rotatable bonds is 4. The largest absolute Gasteiger partial charge is 0.478 e. The maximum Gasteiger partial charge on any atom is 0.337 e. The molecule has 1 unspecified atom stereocenters. The van der Waals surface area contributed by atoms with Crippen LogP contribution in [0.5, 0.6) is 0 Å². The molecule has 0 spiro atoms. The van der Waals surface area contributed by atoms with Crippen molar-refractivity contribution in [2.45, 2.75) is 13.0 Å². The average Bonchev–Trinajstić information content (AvgIpc) is 2.40. The molecule has 0 saturated carbocycles. The number of carboxylic acids is 1. The van der Waals surface area contributed by atoms with Gasteiger partial charge in [-0.15, -0.1) is 0 Å². The number of hydrogen-bond donors (Lipinski definition) is 2. The van der Waals surface area contributed by atoms with Crippen LogP contribution in [-0.2, 0) is 0 Å². The number of halogens is 2. The van der Waals surface area contributed by atoms with Gasteiger partial charge in [0, 0.05) is 16.7 Å². The number of carboxylic acid groups (broad SMARTS) is 1. The summed E-state index contributed by atoms with van der Waals surface area (Å²) in [4.78, 5) is 15.1. The Morgan fingerprint density at radius 2 is 2.20 bits per heavy atom. The molecule has 4 nitrogen and oxygen atoms in total. The molecule has 20 heavy (non-hydrogen) atoms. The molecule has 0 radical (unpaired) electrons. The Labute approximate surface area is 129 Å². The third-order valence-corrected chi connectivity index (χ3v) is 3.59. The van der Waals surface area contributed by atoms with E-state index in [0.29, 0.717) is 5.82 Å². The van der Waals surface area contributed by atoms with Gasteiger partial charge in [0.25, 0.3) is 0 Å². The van der Waals surface area contributed by atoms with Gasteiger partial charge < -0.3 is 10.4 Å². The number of anilines is 1. The van der Waals surface area contributed by atoms with Crippen LogP contribution in [0.4, 0.5) is 5.82 Å². The van der Waals surface area contributed by atoms with Crippen molar-refractivity contribution in [1.29, 1.82) is 0 Å².